The van der Waals surface area contributed by atoms with E-state index in [2.05, 4.69) is 20.3 Å². The Labute approximate surface area is 147 Å². The number of nitrogens with one attached hydrogen (secondary N) is 2. The summed E-state index contributed by atoms with van der Waals surface area (Å²) in [5, 5.41) is 4.31. The lowest BCUT2D eigenvalue weighted by atomic mass is 10.1. The number of pyridine rings is 1. The molecule has 0 atom stereocenters. The monoisotopic (exact) mass is 368 g/mol. The Kier molecular flexibility index (Phi) is 4.71. The largest absolute Gasteiger partial charge is 0.349 e. The molecule has 5 nitrogen and oxygen atoms in total. The number of benzene rings is 1. The molecule has 8 heteroatoms. The second kappa shape index (κ2) is 6.74. The fourth-order valence-corrected chi connectivity index (χ4v) is 2.88. The Hall–Kier alpha value is -1.82. The fourth-order valence-electron chi connectivity index (χ4n) is 2.15. The fraction of sp³-hybridized carbons (Fsp3) is 0.133. The van der Waals surface area contributed by atoms with Crippen molar-refractivity contribution in [3.8, 4) is 0 Å². The van der Waals surface area contributed by atoms with Crippen LogP contribution in [-0.2, 0) is 17.8 Å². The molecule has 0 fully saturated rings. The molecule has 3 aromatic rings. The number of H-pyrrole nitrogens is 1. The SMILES string of the molecule is O=C(Cc1cc(Cl)cc(Cl)c1)NCc1nc2ncc(Cl)cc2[nH]1. The van der Waals surface area contributed by atoms with Gasteiger partial charge in [0.05, 0.1) is 23.5 Å². The summed E-state index contributed by atoms with van der Waals surface area (Å²) in [6, 6.07) is 6.77. The standard InChI is InChI=1S/C15H11Cl3N4O/c16-9-1-8(2-10(17)4-9)3-14(23)19-7-13-21-12-5-11(18)6-20-15(12)22-13/h1-2,4-6H,3,7H2,(H,19,23)(H,20,21,22). The van der Waals surface area contributed by atoms with Crippen molar-refractivity contribution < 1.29 is 4.79 Å². The van der Waals surface area contributed by atoms with Gasteiger partial charge in [0.25, 0.3) is 0 Å². The van der Waals surface area contributed by atoms with E-state index in [0.29, 0.717) is 26.5 Å². The summed E-state index contributed by atoms with van der Waals surface area (Å²) < 4.78 is 0. The lowest BCUT2D eigenvalue weighted by molar-refractivity contribution is -0.120. The van der Waals surface area contributed by atoms with Crippen LogP contribution in [0.5, 0.6) is 0 Å². The summed E-state index contributed by atoms with van der Waals surface area (Å²) in [6.45, 7) is 0.265. The highest BCUT2D eigenvalue weighted by Crippen LogP contribution is 2.19. The first-order valence-corrected chi connectivity index (χ1v) is 7.85. The molecule has 0 aliphatic carbocycles. The van der Waals surface area contributed by atoms with Crippen LogP contribution >= 0.6 is 34.8 Å². The topological polar surface area (TPSA) is 70.7 Å². The maximum atomic E-state index is 12.0. The smallest absolute Gasteiger partial charge is 0.224 e. The van der Waals surface area contributed by atoms with E-state index in [0.717, 1.165) is 11.1 Å². The summed E-state index contributed by atoms with van der Waals surface area (Å²) in [5.41, 5.74) is 2.03. The second-order valence-corrected chi connectivity index (χ2v) is 6.25. The van der Waals surface area contributed by atoms with Gasteiger partial charge in [-0.25, -0.2) is 9.97 Å². The van der Waals surface area contributed by atoms with Crippen LogP contribution in [0.4, 0.5) is 0 Å². The van der Waals surface area contributed by atoms with E-state index in [-0.39, 0.29) is 18.9 Å². The molecule has 1 aromatic carbocycles. The van der Waals surface area contributed by atoms with Crippen molar-refractivity contribution in [3.63, 3.8) is 0 Å². The highest BCUT2D eigenvalue weighted by atomic mass is 35.5. The summed E-state index contributed by atoms with van der Waals surface area (Å²) in [6.07, 6.45) is 1.71. The molecular formula is C15H11Cl3N4O. The number of rotatable bonds is 4. The van der Waals surface area contributed by atoms with E-state index in [1.165, 1.54) is 6.20 Å². The first kappa shape index (κ1) is 16.1. The van der Waals surface area contributed by atoms with Gasteiger partial charge in [0.2, 0.25) is 5.91 Å². The maximum Gasteiger partial charge on any atom is 0.224 e. The third-order valence-electron chi connectivity index (χ3n) is 3.09. The number of imidazole rings is 1. The van der Waals surface area contributed by atoms with Crippen molar-refractivity contribution in [2.45, 2.75) is 13.0 Å². The highest BCUT2D eigenvalue weighted by Gasteiger charge is 2.08. The first-order valence-electron chi connectivity index (χ1n) is 6.71. The first-order chi connectivity index (χ1) is 11.0. The van der Waals surface area contributed by atoms with E-state index in [1.54, 1.807) is 24.3 Å². The summed E-state index contributed by atoms with van der Waals surface area (Å²) in [7, 11) is 0. The van der Waals surface area contributed by atoms with Gasteiger partial charge in [-0.2, -0.15) is 0 Å². The second-order valence-electron chi connectivity index (χ2n) is 4.94. The van der Waals surface area contributed by atoms with Crippen LogP contribution in [0, 0.1) is 0 Å². The minimum absolute atomic E-state index is 0.158. The van der Waals surface area contributed by atoms with E-state index >= 15 is 0 Å². The molecule has 0 unspecified atom stereocenters. The van der Waals surface area contributed by atoms with Gasteiger partial charge in [-0.3, -0.25) is 4.79 Å². The van der Waals surface area contributed by atoms with E-state index in [4.69, 9.17) is 34.8 Å². The number of nitrogens with zero attached hydrogens (tertiary/aromatic N) is 2. The van der Waals surface area contributed by atoms with Crippen molar-refractivity contribution in [1.29, 1.82) is 0 Å². The molecule has 0 saturated carbocycles. The molecule has 0 aliphatic rings. The lowest BCUT2D eigenvalue weighted by Gasteiger charge is -2.04. The molecule has 0 spiro atoms. The predicted octanol–water partition coefficient (Wildman–Crippen LogP) is 3.78. The Bertz CT molecular complexity index is 858. The Morgan fingerprint density at radius 2 is 1.83 bits per heavy atom. The molecule has 3 rings (SSSR count). The molecule has 0 bridgehead atoms. The summed E-state index contributed by atoms with van der Waals surface area (Å²) >= 11 is 17.7. The zero-order valence-electron chi connectivity index (χ0n) is 11.7. The van der Waals surface area contributed by atoms with Gasteiger partial charge >= 0.3 is 0 Å². The molecule has 2 N–H and O–H groups in total. The predicted molar refractivity (Wildman–Crippen MR) is 90.9 cm³/mol. The number of amides is 1. The molecule has 118 valence electrons. The van der Waals surface area contributed by atoms with Crippen molar-refractivity contribution in [2.75, 3.05) is 0 Å². The average molecular weight is 370 g/mol. The minimum atomic E-state index is -0.158. The highest BCUT2D eigenvalue weighted by molar-refractivity contribution is 6.34. The molecule has 0 saturated heterocycles. The van der Waals surface area contributed by atoms with Gasteiger partial charge in [0.1, 0.15) is 5.82 Å². The molecule has 23 heavy (non-hydrogen) atoms. The van der Waals surface area contributed by atoms with Crippen molar-refractivity contribution >= 4 is 51.9 Å². The molecule has 0 radical (unpaired) electrons. The number of fused-ring (bicyclic) bond motifs is 1. The molecule has 0 aliphatic heterocycles. The van der Waals surface area contributed by atoms with Gasteiger partial charge in [-0.1, -0.05) is 34.8 Å². The van der Waals surface area contributed by atoms with E-state index < -0.39 is 0 Å². The van der Waals surface area contributed by atoms with Gasteiger partial charge in [0, 0.05) is 16.2 Å². The van der Waals surface area contributed by atoms with Crippen molar-refractivity contribution in [3.05, 3.63) is 56.9 Å². The number of hydrogen-bond donors (Lipinski definition) is 2. The number of halogens is 3. The summed E-state index contributed by atoms with van der Waals surface area (Å²) in [4.78, 5) is 23.4. The third-order valence-corrected chi connectivity index (χ3v) is 3.74. The summed E-state index contributed by atoms with van der Waals surface area (Å²) in [5.74, 6) is 0.446. The number of aromatic nitrogens is 3. The minimum Gasteiger partial charge on any atom is -0.349 e. The molecule has 2 aromatic heterocycles. The Morgan fingerprint density at radius 3 is 2.57 bits per heavy atom. The van der Waals surface area contributed by atoms with Crippen LogP contribution in [0.3, 0.4) is 0 Å². The number of hydrogen-bond acceptors (Lipinski definition) is 3. The van der Waals surface area contributed by atoms with Crippen LogP contribution < -0.4 is 5.32 Å². The van der Waals surface area contributed by atoms with Gasteiger partial charge < -0.3 is 10.3 Å². The molecule has 1 amide bonds. The number of aromatic amines is 1. The van der Waals surface area contributed by atoms with Crippen LogP contribution in [-0.4, -0.2) is 20.9 Å². The maximum absolute atomic E-state index is 12.0. The lowest BCUT2D eigenvalue weighted by Crippen LogP contribution is -2.25. The zero-order valence-corrected chi connectivity index (χ0v) is 14.0. The Balaban J connectivity index is 1.63. The van der Waals surface area contributed by atoms with Gasteiger partial charge in [-0.05, 0) is 29.8 Å². The van der Waals surface area contributed by atoms with Gasteiger partial charge in [0.15, 0.2) is 5.65 Å². The van der Waals surface area contributed by atoms with E-state index in [9.17, 15) is 4.79 Å². The van der Waals surface area contributed by atoms with Crippen molar-refractivity contribution in [1.82, 2.24) is 20.3 Å². The normalized spacial score (nSPS) is 10.9. The third kappa shape index (κ3) is 4.13. The quantitative estimate of drug-likeness (QED) is 0.735. The van der Waals surface area contributed by atoms with Crippen molar-refractivity contribution in [2.24, 2.45) is 0 Å². The van der Waals surface area contributed by atoms with E-state index in [1.807, 2.05) is 0 Å². The van der Waals surface area contributed by atoms with Crippen LogP contribution in [0.15, 0.2) is 30.5 Å². The van der Waals surface area contributed by atoms with Gasteiger partial charge in [-0.15, -0.1) is 0 Å². The van der Waals surface area contributed by atoms with Crippen LogP contribution in [0.25, 0.3) is 11.2 Å². The Morgan fingerprint density at radius 1 is 1.09 bits per heavy atom. The molecule has 2 heterocycles. The number of carbonyl (C=O) groups excluding carboxylic acids is 1. The number of carbonyl (C=O) groups is 1. The van der Waals surface area contributed by atoms with Crippen LogP contribution in [0.1, 0.15) is 11.4 Å². The average Bonchev–Trinajstić information content (AvgIpc) is 2.86. The molecular weight excluding hydrogens is 359 g/mol. The van der Waals surface area contributed by atoms with Crippen LogP contribution in [0.2, 0.25) is 15.1 Å². The zero-order chi connectivity index (χ0) is 16.4.